The Balaban J connectivity index is 0. The van der Waals surface area contributed by atoms with E-state index in [-0.39, 0.29) is 17.1 Å². The smallest absolute Gasteiger partial charge is 0.214 e. The van der Waals surface area contributed by atoms with Crippen molar-refractivity contribution in [3.05, 3.63) is 60.7 Å². The molecule has 0 aliphatic rings. The first-order chi connectivity index (χ1) is 7.45. The average Bonchev–Trinajstić information content (AvgIpc) is 2.78. The molecule has 0 amide bonds. The van der Waals surface area contributed by atoms with Crippen LogP contribution in [-0.2, 0) is 17.1 Å². The monoisotopic (exact) mass is 331 g/mol. The minimum Gasteiger partial charge on any atom is -0.214 e. The molecule has 0 aliphatic carbocycles. The predicted octanol–water partition coefficient (Wildman–Crippen LogP) is 6.19. The maximum absolute atomic E-state index is 10.7. The Morgan fingerprint density at radius 3 is 0.778 bits per heavy atom. The molecule has 0 nitrogen and oxygen atoms in total. The molecule has 2 aromatic rings. The molecule has 0 aromatic heterocycles. The van der Waals surface area contributed by atoms with Crippen molar-refractivity contribution in [3.63, 3.8) is 0 Å². The van der Waals surface area contributed by atoms with E-state index in [4.69, 9.17) is 0 Å². The van der Waals surface area contributed by atoms with Crippen molar-refractivity contribution >= 4 is 7.81 Å². The van der Waals surface area contributed by atoms with Gasteiger partial charge in [-0.2, -0.15) is 36.4 Å². The van der Waals surface area contributed by atoms with Gasteiger partial charge in [-0.3, -0.25) is 0 Å². The molecule has 0 aliphatic heterocycles. The molecule has 0 fully saturated rings. The van der Waals surface area contributed by atoms with Gasteiger partial charge in [0.25, 0.3) is 0 Å². The van der Waals surface area contributed by atoms with Gasteiger partial charge in [0.05, 0.1) is 0 Å². The Morgan fingerprint density at radius 1 is 0.556 bits per heavy atom. The van der Waals surface area contributed by atoms with Gasteiger partial charge in [0, 0.05) is 0 Å². The molecule has 18 heavy (non-hydrogen) atoms. The normalized spacial score (nSPS) is 13.4. The fourth-order valence-corrected chi connectivity index (χ4v) is 0.642. The molecule has 2 rings (SSSR count). The molecular formula is C10H10F6FeP. The van der Waals surface area contributed by atoms with Gasteiger partial charge in [-0.25, -0.2) is 24.3 Å². The summed E-state index contributed by atoms with van der Waals surface area (Å²) in [5.74, 6) is 0. The number of hydrogen-bond acceptors (Lipinski definition) is 0. The van der Waals surface area contributed by atoms with Crippen LogP contribution in [0.5, 0.6) is 0 Å². The van der Waals surface area contributed by atoms with Crippen LogP contribution in [0.15, 0.2) is 60.7 Å². The Kier molecular flexibility index (Phi) is 6.97. The van der Waals surface area contributed by atoms with Crippen LogP contribution in [0.1, 0.15) is 0 Å². The van der Waals surface area contributed by atoms with Crippen LogP contribution in [0.2, 0.25) is 0 Å². The fraction of sp³-hybridized carbons (Fsp3) is 0. The fourth-order valence-electron chi connectivity index (χ4n) is 0.642. The molecule has 0 bridgehead atoms. The zero-order valence-electron chi connectivity index (χ0n) is 8.84. The van der Waals surface area contributed by atoms with Gasteiger partial charge in [-0.1, -0.05) is 0 Å². The number of hydrogen-bond donors (Lipinski definition) is 0. The standard InChI is InChI=1S/2C5H5.F6P.Fe/c2*1-2-4-5-3-1;1-7(2,3,4,5)6;/h2*1-5H;;/q3*-1;+3. The van der Waals surface area contributed by atoms with Crippen molar-refractivity contribution in [3.8, 4) is 0 Å². The Hall–Kier alpha value is -0.771. The minimum atomic E-state index is -10.7. The van der Waals surface area contributed by atoms with Gasteiger partial charge < -0.3 is 0 Å². The summed E-state index contributed by atoms with van der Waals surface area (Å²) >= 11 is 0. The summed E-state index contributed by atoms with van der Waals surface area (Å²) in [7, 11) is -10.7. The maximum Gasteiger partial charge on any atom is 3.00 e. The van der Waals surface area contributed by atoms with E-state index < -0.39 is 7.81 Å². The molecule has 0 N–H and O–H groups in total. The van der Waals surface area contributed by atoms with Crippen LogP contribution in [0, 0.1) is 0 Å². The minimum absolute atomic E-state index is 0. The van der Waals surface area contributed by atoms with E-state index in [1.54, 1.807) is 0 Å². The summed E-state index contributed by atoms with van der Waals surface area (Å²) in [5, 5.41) is 0. The second-order valence-electron chi connectivity index (χ2n) is 2.88. The Morgan fingerprint density at radius 2 is 0.722 bits per heavy atom. The summed E-state index contributed by atoms with van der Waals surface area (Å²) in [5.41, 5.74) is 0. The van der Waals surface area contributed by atoms with Crippen molar-refractivity contribution in [1.82, 2.24) is 0 Å². The number of rotatable bonds is 0. The predicted molar refractivity (Wildman–Crippen MR) is 57.6 cm³/mol. The summed E-state index contributed by atoms with van der Waals surface area (Å²) in [6, 6.07) is 20.0. The zero-order valence-corrected chi connectivity index (χ0v) is 10.8. The first-order valence-corrected chi connectivity index (χ1v) is 6.38. The van der Waals surface area contributed by atoms with Gasteiger partial charge in [0.15, 0.2) is 0 Å². The third-order valence-electron chi connectivity index (χ3n) is 1.11. The van der Waals surface area contributed by atoms with Gasteiger partial charge >= 0.3 is 50.1 Å². The van der Waals surface area contributed by atoms with Crippen LogP contribution in [0.25, 0.3) is 0 Å². The van der Waals surface area contributed by atoms with Gasteiger partial charge in [-0.15, -0.1) is 0 Å². The second kappa shape index (κ2) is 6.41. The quantitative estimate of drug-likeness (QED) is 0.234. The van der Waals surface area contributed by atoms with Crippen molar-refractivity contribution in [2.24, 2.45) is 0 Å². The summed E-state index contributed by atoms with van der Waals surface area (Å²) in [4.78, 5) is 0. The van der Waals surface area contributed by atoms with E-state index >= 15 is 0 Å². The van der Waals surface area contributed by atoms with E-state index in [0.717, 1.165) is 0 Å². The van der Waals surface area contributed by atoms with E-state index in [2.05, 4.69) is 0 Å². The third-order valence-corrected chi connectivity index (χ3v) is 1.11. The molecule has 0 heterocycles. The maximum atomic E-state index is 9.87. The first kappa shape index (κ1) is 19.6. The van der Waals surface area contributed by atoms with E-state index in [1.165, 1.54) is 0 Å². The average molecular weight is 331 g/mol. The van der Waals surface area contributed by atoms with Crippen molar-refractivity contribution in [2.45, 2.75) is 0 Å². The molecule has 0 saturated carbocycles. The van der Waals surface area contributed by atoms with E-state index in [1.807, 2.05) is 60.7 Å². The number of halogens is 6. The zero-order chi connectivity index (χ0) is 13.5. The molecule has 105 valence electrons. The van der Waals surface area contributed by atoms with E-state index in [9.17, 15) is 25.2 Å². The van der Waals surface area contributed by atoms with Crippen molar-refractivity contribution in [2.75, 3.05) is 0 Å². The molecule has 0 spiro atoms. The van der Waals surface area contributed by atoms with Crippen LogP contribution in [0.4, 0.5) is 25.2 Å². The Labute approximate surface area is 111 Å². The molecule has 0 saturated heterocycles. The van der Waals surface area contributed by atoms with Crippen LogP contribution < -0.4 is 0 Å². The summed E-state index contributed by atoms with van der Waals surface area (Å²) in [6.07, 6.45) is 0. The SMILES string of the molecule is F[P-](F)(F)(F)(F)F.[Fe+3].c1cc[cH-]c1.c1cc[cH-]c1. The van der Waals surface area contributed by atoms with Crippen molar-refractivity contribution < 1.29 is 42.3 Å². The summed E-state index contributed by atoms with van der Waals surface area (Å²) in [6.45, 7) is 0. The van der Waals surface area contributed by atoms with Gasteiger partial charge in [0.1, 0.15) is 0 Å². The first-order valence-electron chi connectivity index (χ1n) is 4.35. The third kappa shape index (κ3) is 36.2. The molecule has 8 heteroatoms. The molecule has 1 radical (unpaired) electrons. The topological polar surface area (TPSA) is 0 Å². The van der Waals surface area contributed by atoms with Crippen LogP contribution in [-0.4, -0.2) is 0 Å². The largest absolute Gasteiger partial charge is 3.00 e. The van der Waals surface area contributed by atoms with E-state index in [0.29, 0.717) is 0 Å². The molecule has 0 atom stereocenters. The molecular weight excluding hydrogens is 321 g/mol. The molecule has 0 unspecified atom stereocenters. The van der Waals surface area contributed by atoms with Crippen molar-refractivity contribution in [1.29, 1.82) is 0 Å². The molecule has 2 aromatic carbocycles. The Bertz CT molecular complexity index is 302. The summed E-state index contributed by atoms with van der Waals surface area (Å²) < 4.78 is 59.2. The van der Waals surface area contributed by atoms with Crippen LogP contribution >= 0.6 is 7.81 Å². The second-order valence-corrected chi connectivity index (χ2v) is 4.80. The van der Waals surface area contributed by atoms with Gasteiger partial charge in [0.2, 0.25) is 0 Å². The van der Waals surface area contributed by atoms with Crippen LogP contribution in [0.3, 0.4) is 0 Å². The van der Waals surface area contributed by atoms with Gasteiger partial charge in [-0.05, 0) is 0 Å².